The van der Waals surface area contributed by atoms with Crippen LogP contribution in [0.4, 0.5) is 14.6 Å². The molecule has 0 fully saturated rings. The molecule has 1 unspecified atom stereocenters. The molecule has 1 heterocycles. The van der Waals surface area contributed by atoms with Gasteiger partial charge in [-0.05, 0) is 36.7 Å². The van der Waals surface area contributed by atoms with Gasteiger partial charge in [0.25, 0.3) is 0 Å². The second-order valence-electron chi connectivity index (χ2n) is 4.57. The predicted molar refractivity (Wildman–Crippen MR) is 75.1 cm³/mol. The highest BCUT2D eigenvalue weighted by molar-refractivity contribution is 5.45. The normalized spacial score (nSPS) is 12.3. The van der Waals surface area contributed by atoms with Gasteiger partial charge in [0.1, 0.15) is 17.5 Å². The molecule has 1 atom stereocenters. The van der Waals surface area contributed by atoms with Gasteiger partial charge in [0.15, 0.2) is 0 Å². The van der Waals surface area contributed by atoms with Gasteiger partial charge in [-0.15, -0.1) is 0 Å². The van der Waals surface area contributed by atoms with Crippen molar-refractivity contribution in [1.82, 2.24) is 10.3 Å². The molecule has 0 aliphatic rings. The van der Waals surface area contributed by atoms with E-state index in [4.69, 9.17) is 5.73 Å². The Morgan fingerprint density at radius 2 is 1.95 bits per heavy atom. The van der Waals surface area contributed by atoms with E-state index < -0.39 is 11.6 Å². The van der Waals surface area contributed by atoms with Crippen molar-refractivity contribution in [3.8, 4) is 0 Å². The fourth-order valence-corrected chi connectivity index (χ4v) is 2.11. The molecule has 1 aromatic heterocycles. The lowest BCUT2D eigenvalue weighted by molar-refractivity contribution is 0.558. The molecule has 3 N–H and O–H groups in total. The molecule has 0 aliphatic heterocycles. The summed E-state index contributed by atoms with van der Waals surface area (Å²) in [4.78, 5) is 4.03. The van der Waals surface area contributed by atoms with Crippen molar-refractivity contribution in [1.29, 1.82) is 0 Å². The van der Waals surface area contributed by atoms with Crippen LogP contribution in [0.2, 0.25) is 0 Å². The van der Waals surface area contributed by atoms with Crippen molar-refractivity contribution in [2.24, 2.45) is 0 Å². The van der Waals surface area contributed by atoms with Crippen LogP contribution in [-0.4, -0.2) is 11.5 Å². The van der Waals surface area contributed by atoms with Gasteiger partial charge in [-0.2, -0.15) is 0 Å². The maximum absolute atomic E-state index is 13.4. The third kappa shape index (κ3) is 3.30. The summed E-state index contributed by atoms with van der Waals surface area (Å²) in [5.74, 6) is -0.859. The summed E-state index contributed by atoms with van der Waals surface area (Å²) >= 11 is 0. The molecule has 2 aromatic rings. The summed E-state index contributed by atoms with van der Waals surface area (Å²) in [5, 5.41) is 3.24. The largest absolute Gasteiger partial charge is 0.383 e. The first kappa shape index (κ1) is 14.4. The van der Waals surface area contributed by atoms with Gasteiger partial charge in [0.2, 0.25) is 0 Å². The summed E-state index contributed by atoms with van der Waals surface area (Å²) in [5.41, 5.74) is 7.08. The highest BCUT2D eigenvalue weighted by Crippen LogP contribution is 2.26. The molecule has 0 saturated carbocycles. The predicted octanol–water partition coefficient (Wildman–Crippen LogP) is 3.03. The van der Waals surface area contributed by atoms with E-state index in [1.807, 2.05) is 6.92 Å². The van der Waals surface area contributed by atoms with Gasteiger partial charge in [-0.25, -0.2) is 13.8 Å². The van der Waals surface area contributed by atoms with Crippen molar-refractivity contribution >= 4 is 5.82 Å². The first-order valence-corrected chi connectivity index (χ1v) is 6.51. The smallest absolute Gasteiger partial charge is 0.128 e. The molecule has 3 nitrogen and oxygen atoms in total. The Morgan fingerprint density at radius 1 is 1.25 bits per heavy atom. The Bertz CT molecular complexity index is 567. The van der Waals surface area contributed by atoms with E-state index in [1.165, 1.54) is 12.1 Å². The van der Waals surface area contributed by atoms with Crippen LogP contribution in [0.15, 0.2) is 36.5 Å². The average Bonchev–Trinajstić information content (AvgIpc) is 2.40. The van der Waals surface area contributed by atoms with E-state index in [0.29, 0.717) is 23.5 Å². The fraction of sp³-hybridized carbons (Fsp3) is 0.267. The molecule has 0 amide bonds. The second kappa shape index (κ2) is 6.43. The molecule has 1 aromatic carbocycles. The Hall–Kier alpha value is -2.01. The van der Waals surface area contributed by atoms with Crippen LogP contribution < -0.4 is 11.1 Å². The number of nitrogens with zero attached hydrogens (tertiary/aromatic N) is 1. The van der Waals surface area contributed by atoms with Crippen LogP contribution in [0.1, 0.15) is 30.5 Å². The lowest BCUT2D eigenvalue weighted by Crippen LogP contribution is -2.24. The highest BCUT2D eigenvalue weighted by atomic mass is 19.1. The van der Waals surface area contributed by atoms with Crippen LogP contribution in [0.5, 0.6) is 0 Å². The Kier molecular flexibility index (Phi) is 4.63. The molecule has 20 heavy (non-hydrogen) atoms. The number of halogens is 2. The summed E-state index contributed by atoms with van der Waals surface area (Å²) < 4.78 is 26.8. The van der Waals surface area contributed by atoms with Gasteiger partial charge >= 0.3 is 0 Å². The van der Waals surface area contributed by atoms with Crippen molar-refractivity contribution in [3.63, 3.8) is 0 Å². The first-order valence-electron chi connectivity index (χ1n) is 6.51. The van der Waals surface area contributed by atoms with Crippen LogP contribution in [0.3, 0.4) is 0 Å². The van der Waals surface area contributed by atoms with Gasteiger partial charge in [0, 0.05) is 17.8 Å². The summed E-state index contributed by atoms with van der Waals surface area (Å²) in [6, 6.07) is 6.65. The molecule has 0 bridgehead atoms. The van der Waals surface area contributed by atoms with Crippen molar-refractivity contribution in [3.05, 3.63) is 59.3 Å². The van der Waals surface area contributed by atoms with Crippen LogP contribution in [-0.2, 0) is 0 Å². The minimum atomic E-state index is -0.606. The maximum atomic E-state index is 13.4. The Balaban J connectivity index is 2.44. The lowest BCUT2D eigenvalue weighted by atomic mass is 9.98. The Labute approximate surface area is 116 Å². The zero-order valence-electron chi connectivity index (χ0n) is 11.2. The quantitative estimate of drug-likeness (QED) is 0.883. The van der Waals surface area contributed by atoms with Crippen molar-refractivity contribution in [2.45, 2.75) is 19.4 Å². The van der Waals surface area contributed by atoms with E-state index in [1.54, 1.807) is 18.3 Å². The number of nitrogens with one attached hydrogen (secondary N) is 1. The van der Waals surface area contributed by atoms with Gasteiger partial charge in [-0.1, -0.05) is 13.0 Å². The van der Waals surface area contributed by atoms with Crippen LogP contribution in [0.25, 0.3) is 0 Å². The van der Waals surface area contributed by atoms with E-state index in [0.717, 1.165) is 12.5 Å². The third-order valence-corrected chi connectivity index (χ3v) is 3.00. The zero-order chi connectivity index (χ0) is 14.5. The number of nitrogens with two attached hydrogens (primary N) is 1. The number of pyridine rings is 1. The number of aromatic nitrogens is 1. The molecule has 0 radical (unpaired) electrons. The fourth-order valence-electron chi connectivity index (χ4n) is 2.11. The molecule has 106 valence electrons. The van der Waals surface area contributed by atoms with Gasteiger partial charge in [-0.3, -0.25) is 0 Å². The van der Waals surface area contributed by atoms with Crippen LogP contribution in [0, 0.1) is 11.6 Å². The molecule has 5 heteroatoms. The summed E-state index contributed by atoms with van der Waals surface area (Å²) in [6.07, 6.45) is 2.48. The molecule has 0 saturated heterocycles. The summed E-state index contributed by atoms with van der Waals surface area (Å²) in [6.45, 7) is 2.72. The van der Waals surface area contributed by atoms with Crippen molar-refractivity contribution in [2.75, 3.05) is 12.3 Å². The molecule has 0 spiro atoms. The topological polar surface area (TPSA) is 50.9 Å². The minimum Gasteiger partial charge on any atom is -0.383 e. The number of anilines is 1. The second-order valence-corrected chi connectivity index (χ2v) is 4.57. The number of hydrogen-bond acceptors (Lipinski definition) is 3. The van der Waals surface area contributed by atoms with Gasteiger partial charge in [0.05, 0.1) is 6.04 Å². The third-order valence-electron chi connectivity index (χ3n) is 3.00. The first-order chi connectivity index (χ1) is 9.61. The number of hydrogen-bond donors (Lipinski definition) is 2. The van der Waals surface area contributed by atoms with E-state index in [2.05, 4.69) is 10.3 Å². The number of nitrogen functional groups attached to an aromatic ring is 1. The minimum absolute atomic E-state index is 0.353. The van der Waals surface area contributed by atoms with E-state index in [-0.39, 0.29) is 6.04 Å². The van der Waals surface area contributed by atoms with Crippen LogP contribution >= 0.6 is 0 Å². The zero-order valence-corrected chi connectivity index (χ0v) is 11.2. The lowest BCUT2D eigenvalue weighted by Gasteiger charge is -2.20. The molecular formula is C15H17F2N3. The number of benzene rings is 1. The molecule has 0 aliphatic carbocycles. The van der Waals surface area contributed by atoms with Crippen molar-refractivity contribution < 1.29 is 8.78 Å². The van der Waals surface area contributed by atoms with E-state index >= 15 is 0 Å². The average molecular weight is 277 g/mol. The monoisotopic (exact) mass is 277 g/mol. The maximum Gasteiger partial charge on any atom is 0.128 e. The SMILES string of the molecule is CCCNC(c1cc(F)cc(F)c1)c1cccnc1N. The Morgan fingerprint density at radius 3 is 2.55 bits per heavy atom. The highest BCUT2D eigenvalue weighted by Gasteiger charge is 2.18. The number of rotatable bonds is 5. The van der Waals surface area contributed by atoms with E-state index in [9.17, 15) is 8.78 Å². The molecular weight excluding hydrogens is 260 g/mol. The van der Waals surface area contributed by atoms with Gasteiger partial charge < -0.3 is 11.1 Å². The molecule has 2 rings (SSSR count). The standard InChI is InChI=1S/C15H17F2N3/c1-2-5-19-14(13-4-3-6-20-15(13)18)10-7-11(16)9-12(17)8-10/h3-4,6-9,14,19H,2,5H2,1H3,(H2,18,20). The summed E-state index contributed by atoms with van der Waals surface area (Å²) in [7, 11) is 0.